The van der Waals surface area contributed by atoms with E-state index in [9.17, 15) is 13.2 Å². The maximum atomic E-state index is 11.8. The molecule has 0 spiro atoms. The second-order valence-electron chi connectivity index (χ2n) is 3.52. The first kappa shape index (κ1) is 14.4. The third-order valence-electron chi connectivity index (χ3n) is 2.06. The molecule has 0 aliphatic carbocycles. The Morgan fingerprint density at radius 3 is 2.94 bits per heavy atom. The minimum atomic E-state index is -3.62. The number of aliphatic carboxylic acids is 1. The lowest BCUT2D eigenvalue weighted by Crippen LogP contribution is -2.24. The number of sulfonamides is 1. The van der Waals surface area contributed by atoms with E-state index < -0.39 is 16.0 Å². The van der Waals surface area contributed by atoms with Crippen molar-refractivity contribution < 1.29 is 18.3 Å². The Bertz CT molecular complexity index is 533. The Kier molecular flexibility index (Phi) is 5.05. The molecule has 2 N–H and O–H groups in total. The standard InChI is InChI=1S/C10H15N3O4S/c1-2-3-4-5-12-18(16,17)9-6-11-13(7-9)8-10(14)15/h2-3,6-7,12H,4-5,8H2,1H3,(H,14,15)/b3-2+. The summed E-state index contributed by atoms with van der Waals surface area (Å²) >= 11 is 0. The molecule has 7 nitrogen and oxygen atoms in total. The largest absolute Gasteiger partial charge is 0.480 e. The van der Waals surface area contributed by atoms with Gasteiger partial charge in [0.15, 0.2) is 0 Å². The Hall–Kier alpha value is -1.67. The van der Waals surface area contributed by atoms with Crippen molar-refractivity contribution >= 4 is 16.0 Å². The molecule has 1 aromatic rings. The third kappa shape index (κ3) is 4.30. The molecule has 8 heteroatoms. The summed E-state index contributed by atoms with van der Waals surface area (Å²) in [6.45, 7) is 1.77. The normalized spacial score (nSPS) is 12.1. The predicted octanol–water partition coefficient (Wildman–Crippen LogP) is 0.212. The van der Waals surface area contributed by atoms with Crippen LogP contribution in [0.1, 0.15) is 13.3 Å². The molecule has 18 heavy (non-hydrogen) atoms. The van der Waals surface area contributed by atoms with E-state index >= 15 is 0 Å². The first-order valence-electron chi connectivity index (χ1n) is 5.31. The number of nitrogens with zero attached hydrogens (tertiary/aromatic N) is 2. The molecule has 0 unspecified atom stereocenters. The van der Waals surface area contributed by atoms with E-state index in [-0.39, 0.29) is 18.0 Å². The van der Waals surface area contributed by atoms with Crippen LogP contribution in [-0.4, -0.2) is 35.8 Å². The minimum Gasteiger partial charge on any atom is -0.480 e. The van der Waals surface area contributed by atoms with Crippen LogP contribution in [-0.2, 0) is 21.4 Å². The lowest BCUT2D eigenvalue weighted by Gasteiger charge is -2.02. The van der Waals surface area contributed by atoms with Gasteiger partial charge in [0, 0.05) is 12.7 Å². The molecular weight excluding hydrogens is 258 g/mol. The van der Waals surface area contributed by atoms with Crippen molar-refractivity contribution in [3.05, 3.63) is 24.5 Å². The highest BCUT2D eigenvalue weighted by atomic mass is 32.2. The SMILES string of the molecule is C/C=C/CCNS(=O)(=O)c1cnn(CC(=O)O)c1. The van der Waals surface area contributed by atoms with Gasteiger partial charge in [0.1, 0.15) is 11.4 Å². The fourth-order valence-electron chi connectivity index (χ4n) is 1.24. The van der Waals surface area contributed by atoms with Crippen molar-refractivity contribution in [1.29, 1.82) is 0 Å². The Morgan fingerprint density at radius 2 is 2.33 bits per heavy atom. The summed E-state index contributed by atoms with van der Waals surface area (Å²) in [5.41, 5.74) is 0. The zero-order valence-electron chi connectivity index (χ0n) is 9.91. The summed E-state index contributed by atoms with van der Waals surface area (Å²) in [5, 5.41) is 12.2. The number of hydrogen-bond acceptors (Lipinski definition) is 4. The highest BCUT2D eigenvalue weighted by Crippen LogP contribution is 2.06. The molecule has 0 aliphatic heterocycles. The van der Waals surface area contributed by atoms with E-state index in [2.05, 4.69) is 9.82 Å². The van der Waals surface area contributed by atoms with Crippen LogP contribution in [0, 0.1) is 0 Å². The van der Waals surface area contributed by atoms with Crippen molar-refractivity contribution in [2.75, 3.05) is 6.54 Å². The summed E-state index contributed by atoms with van der Waals surface area (Å²) in [6.07, 6.45) is 6.58. The zero-order chi connectivity index (χ0) is 13.6. The molecule has 0 fully saturated rings. The number of carboxylic acids is 1. The number of rotatable bonds is 7. The van der Waals surface area contributed by atoms with Gasteiger partial charge in [-0.2, -0.15) is 5.10 Å². The van der Waals surface area contributed by atoms with Crippen LogP contribution in [0.15, 0.2) is 29.4 Å². The maximum Gasteiger partial charge on any atom is 0.325 e. The fourth-order valence-corrected chi connectivity index (χ4v) is 2.23. The van der Waals surface area contributed by atoms with Crippen molar-refractivity contribution in [2.24, 2.45) is 0 Å². The van der Waals surface area contributed by atoms with E-state index in [1.165, 1.54) is 6.20 Å². The lowest BCUT2D eigenvalue weighted by molar-refractivity contribution is -0.137. The third-order valence-corrected chi connectivity index (χ3v) is 3.47. The number of carboxylic acid groups (broad SMARTS) is 1. The van der Waals surface area contributed by atoms with Gasteiger partial charge in [0.05, 0.1) is 6.20 Å². The summed E-state index contributed by atoms with van der Waals surface area (Å²) in [5.74, 6) is -1.08. The number of allylic oxidation sites excluding steroid dienone is 1. The highest BCUT2D eigenvalue weighted by molar-refractivity contribution is 7.89. The zero-order valence-corrected chi connectivity index (χ0v) is 10.7. The monoisotopic (exact) mass is 273 g/mol. The van der Waals surface area contributed by atoms with Gasteiger partial charge < -0.3 is 5.11 Å². The van der Waals surface area contributed by atoms with E-state index in [4.69, 9.17) is 5.11 Å². The van der Waals surface area contributed by atoms with Crippen LogP contribution < -0.4 is 4.72 Å². The van der Waals surface area contributed by atoms with Crippen LogP contribution >= 0.6 is 0 Å². The van der Waals surface area contributed by atoms with Gasteiger partial charge >= 0.3 is 5.97 Å². The van der Waals surface area contributed by atoms with Crippen molar-refractivity contribution in [3.63, 3.8) is 0 Å². The molecule has 0 aliphatic rings. The Morgan fingerprint density at radius 1 is 1.61 bits per heavy atom. The average molecular weight is 273 g/mol. The molecule has 0 bridgehead atoms. The molecule has 0 amide bonds. The van der Waals surface area contributed by atoms with E-state index in [0.717, 1.165) is 10.9 Å². The van der Waals surface area contributed by atoms with Crippen molar-refractivity contribution in [3.8, 4) is 0 Å². The smallest absolute Gasteiger partial charge is 0.325 e. The van der Waals surface area contributed by atoms with Gasteiger partial charge in [-0.15, -0.1) is 0 Å². The summed E-state index contributed by atoms with van der Waals surface area (Å²) < 4.78 is 27.0. The van der Waals surface area contributed by atoms with E-state index in [0.29, 0.717) is 6.42 Å². The molecule has 0 radical (unpaired) electrons. The summed E-state index contributed by atoms with van der Waals surface area (Å²) in [6, 6.07) is 0. The highest BCUT2D eigenvalue weighted by Gasteiger charge is 2.16. The first-order chi connectivity index (χ1) is 8.45. The summed E-state index contributed by atoms with van der Waals surface area (Å²) in [4.78, 5) is 10.4. The van der Waals surface area contributed by atoms with Crippen LogP contribution in [0.5, 0.6) is 0 Å². The van der Waals surface area contributed by atoms with Gasteiger partial charge in [-0.3, -0.25) is 9.48 Å². The minimum absolute atomic E-state index is 0.0378. The van der Waals surface area contributed by atoms with Crippen LogP contribution in [0.25, 0.3) is 0 Å². The number of aromatic nitrogens is 2. The molecule has 1 aromatic heterocycles. The Balaban J connectivity index is 2.67. The van der Waals surface area contributed by atoms with Gasteiger partial charge in [-0.1, -0.05) is 12.2 Å². The molecule has 1 rings (SSSR count). The molecule has 0 saturated heterocycles. The maximum absolute atomic E-state index is 11.8. The molecule has 0 atom stereocenters. The number of hydrogen-bond donors (Lipinski definition) is 2. The van der Waals surface area contributed by atoms with Crippen molar-refractivity contribution in [2.45, 2.75) is 24.8 Å². The van der Waals surface area contributed by atoms with Gasteiger partial charge in [0.2, 0.25) is 10.0 Å². The molecule has 0 aromatic carbocycles. The van der Waals surface area contributed by atoms with Crippen LogP contribution in [0.4, 0.5) is 0 Å². The number of carbonyl (C=O) groups is 1. The molecule has 0 saturated carbocycles. The summed E-state index contributed by atoms with van der Waals surface area (Å²) in [7, 11) is -3.62. The van der Waals surface area contributed by atoms with E-state index in [1.54, 1.807) is 0 Å². The first-order valence-corrected chi connectivity index (χ1v) is 6.79. The molecule has 100 valence electrons. The lowest BCUT2D eigenvalue weighted by atomic mass is 10.4. The van der Waals surface area contributed by atoms with E-state index in [1.807, 2.05) is 19.1 Å². The number of nitrogens with one attached hydrogen (secondary N) is 1. The molecular formula is C10H15N3O4S. The fraction of sp³-hybridized carbons (Fsp3) is 0.400. The second-order valence-corrected chi connectivity index (χ2v) is 5.29. The van der Waals surface area contributed by atoms with Gasteiger partial charge in [-0.25, -0.2) is 13.1 Å². The quantitative estimate of drug-likeness (QED) is 0.546. The second kappa shape index (κ2) is 6.31. The predicted molar refractivity (Wildman–Crippen MR) is 64.5 cm³/mol. The topological polar surface area (TPSA) is 101 Å². The molecule has 1 heterocycles. The average Bonchev–Trinajstić information content (AvgIpc) is 2.73. The van der Waals surface area contributed by atoms with Gasteiger partial charge in [-0.05, 0) is 13.3 Å². The van der Waals surface area contributed by atoms with Gasteiger partial charge in [0.25, 0.3) is 0 Å². The van der Waals surface area contributed by atoms with Crippen molar-refractivity contribution in [1.82, 2.24) is 14.5 Å². The van der Waals surface area contributed by atoms with Crippen LogP contribution in [0.3, 0.4) is 0 Å². The Labute approximate surface area is 105 Å². The van der Waals surface area contributed by atoms with Crippen LogP contribution in [0.2, 0.25) is 0 Å².